The van der Waals surface area contributed by atoms with Gasteiger partial charge in [-0.2, -0.15) is 0 Å². The topological polar surface area (TPSA) is 23.5 Å². The number of hydrogen-bond acceptors (Lipinski definition) is 2. The molecule has 0 aliphatic rings. The molecule has 1 aromatic carbocycles. The lowest BCUT2D eigenvalue weighted by Crippen LogP contribution is -2.22. The lowest BCUT2D eigenvalue weighted by Gasteiger charge is -2.22. The molecule has 0 saturated carbocycles. The normalized spacial score (nSPS) is 13.1. The lowest BCUT2D eigenvalue weighted by atomic mass is 9.92. The van der Waals surface area contributed by atoms with Crippen molar-refractivity contribution in [3.8, 4) is 0 Å². The summed E-state index contributed by atoms with van der Waals surface area (Å²) >= 11 is 0. The smallest absolute Gasteiger partial charge is 0.0433 e. The summed E-state index contributed by atoms with van der Waals surface area (Å²) in [7, 11) is 2.19. The lowest BCUT2D eigenvalue weighted by molar-refractivity contribution is 0.221. The predicted molar refractivity (Wildman–Crippen MR) is 86.7 cm³/mol. The van der Waals surface area contributed by atoms with Gasteiger partial charge in [-0.25, -0.2) is 0 Å². The third kappa shape index (κ3) is 7.66. The van der Waals surface area contributed by atoms with Crippen LogP contribution in [0.2, 0.25) is 0 Å². The molecule has 0 bridgehead atoms. The molecule has 0 spiro atoms. The summed E-state index contributed by atoms with van der Waals surface area (Å²) in [6.07, 6.45) is 4.66. The Morgan fingerprint density at radius 3 is 2.30 bits per heavy atom. The SMILES string of the molecule is CC(C)CCC(CCO)CCN(C)Cc1ccccc1. The monoisotopic (exact) mass is 277 g/mol. The van der Waals surface area contributed by atoms with Gasteiger partial charge in [0.15, 0.2) is 0 Å². The van der Waals surface area contributed by atoms with Gasteiger partial charge in [-0.1, -0.05) is 57.0 Å². The molecule has 0 heterocycles. The first-order valence-electron chi connectivity index (χ1n) is 7.95. The number of aliphatic hydroxyl groups is 1. The highest BCUT2D eigenvalue weighted by Crippen LogP contribution is 2.19. The predicted octanol–water partition coefficient (Wildman–Crippen LogP) is 3.94. The zero-order valence-corrected chi connectivity index (χ0v) is 13.4. The highest BCUT2D eigenvalue weighted by molar-refractivity contribution is 5.14. The van der Waals surface area contributed by atoms with Crippen molar-refractivity contribution in [1.29, 1.82) is 0 Å². The van der Waals surface area contributed by atoms with Crippen molar-refractivity contribution in [2.45, 2.75) is 46.1 Å². The van der Waals surface area contributed by atoms with Gasteiger partial charge >= 0.3 is 0 Å². The first-order chi connectivity index (χ1) is 9.61. The molecular formula is C18H31NO. The van der Waals surface area contributed by atoms with Crippen LogP contribution in [0.1, 0.15) is 45.1 Å². The third-order valence-corrected chi connectivity index (χ3v) is 3.90. The Balaban J connectivity index is 2.30. The van der Waals surface area contributed by atoms with E-state index in [1.54, 1.807) is 0 Å². The molecule has 1 aromatic rings. The van der Waals surface area contributed by atoms with E-state index < -0.39 is 0 Å². The number of benzene rings is 1. The highest BCUT2D eigenvalue weighted by Gasteiger charge is 2.11. The van der Waals surface area contributed by atoms with E-state index in [0.29, 0.717) is 12.5 Å². The minimum Gasteiger partial charge on any atom is -0.396 e. The van der Waals surface area contributed by atoms with Crippen LogP contribution in [-0.2, 0) is 6.54 Å². The van der Waals surface area contributed by atoms with Gasteiger partial charge in [-0.05, 0) is 43.8 Å². The van der Waals surface area contributed by atoms with E-state index in [1.165, 1.54) is 24.8 Å². The molecule has 0 fully saturated rings. The molecule has 114 valence electrons. The molecule has 2 nitrogen and oxygen atoms in total. The van der Waals surface area contributed by atoms with Crippen molar-refractivity contribution in [2.75, 3.05) is 20.2 Å². The molecule has 20 heavy (non-hydrogen) atoms. The summed E-state index contributed by atoms with van der Waals surface area (Å²) in [6, 6.07) is 10.6. The quantitative estimate of drug-likeness (QED) is 0.700. The summed E-state index contributed by atoms with van der Waals surface area (Å²) in [5.74, 6) is 1.43. The molecule has 2 heteroatoms. The standard InChI is InChI=1S/C18H31NO/c1-16(2)9-10-17(12-14-20)11-13-19(3)15-18-7-5-4-6-8-18/h4-8,16-17,20H,9-15H2,1-3H3. The second-order valence-corrected chi connectivity index (χ2v) is 6.36. The summed E-state index contributed by atoms with van der Waals surface area (Å²) in [4.78, 5) is 2.38. The summed E-state index contributed by atoms with van der Waals surface area (Å²) in [5.41, 5.74) is 1.37. The number of rotatable bonds is 10. The zero-order chi connectivity index (χ0) is 14.8. The van der Waals surface area contributed by atoms with Crippen molar-refractivity contribution in [1.82, 2.24) is 4.90 Å². The fraction of sp³-hybridized carbons (Fsp3) is 0.667. The Kier molecular flexibility index (Phi) is 8.56. The Morgan fingerprint density at radius 1 is 1.00 bits per heavy atom. The molecular weight excluding hydrogens is 246 g/mol. The van der Waals surface area contributed by atoms with Crippen molar-refractivity contribution in [3.63, 3.8) is 0 Å². The molecule has 0 aliphatic heterocycles. The number of hydrogen-bond donors (Lipinski definition) is 1. The van der Waals surface area contributed by atoms with Crippen molar-refractivity contribution in [2.24, 2.45) is 11.8 Å². The van der Waals surface area contributed by atoms with Crippen LogP contribution in [0.5, 0.6) is 0 Å². The summed E-state index contributed by atoms with van der Waals surface area (Å²) < 4.78 is 0. The van der Waals surface area contributed by atoms with Gasteiger partial charge in [0.2, 0.25) is 0 Å². The van der Waals surface area contributed by atoms with Crippen LogP contribution in [0.3, 0.4) is 0 Å². The van der Waals surface area contributed by atoms with Gasteiger partial charge in [0.1, 0.15) is 0 Å². The molecule has 0 amide bonds. The van der Waals surface area contributed by atoms with E-state index in [4.69, 9.17) is 0 Å². The molecule has 0 radical (unpaired) electrons. The molecule has 1 N–H and O–H groups in total. The van der Waals surface area contributed by atoms with E-state index in [-0.39, 0.29) is 0 Å². The molecule has 1 unspecified atom stereocenters. The van der Waals surface area contributed by atoms with Crippen LogP contribution in [0.4, 0.5) is 0 Å². The van der Waals surface area contributed by atoms with Gasteiger partial charge in [0, 0.05) is 13.2 Å². The molecule has 1 atom stereocenters. The Bertz CT molecular complexity index is 337. The second kappa shape index (κ2) is 9.95. The van der Waals surface area contributed by atoms with Crippen LogP contribution in [-0.4, -0.2) is 30.2 Å². The van der Waals surface area contributed by atoms with E-state index in [1.807, 2.05) is 0 Å². The van der Waals surface area contributed by atoms with E-state index >= 15 is 0 Å². The average Bonchev–Trinajstić information content (AvgIpc) is 2.43. The van der Waals surface area contributed by atoms with Crippen molar-refractivity contribution >= 4 is 0 Å². The molecule has 0 saturated heterocycles. The largest absolute Gasteiger partial charge is 0.396 e. The Labute approximate surface area is 124 Å². The van der Waals surface area contributed by atoms with Crippen molar-refractivity contribution < 1.29 is 5.11 Å². The highest BCUT2D eigenvalue weighted by atomic mass is 16.3. The second-order valence-electron chi connectivity index (χ2n) is 6.36. The average molecular weight is 277 g/mol. The number of nitrogens with zero attached hydrogens (tertiary/aromatic N) is 1. The van der Waals surface area contributed by atoms with Crippen LogP contribution in [0.15, 0.2) is 30.3 Å². The minimum absolute atomic E-state index is 0.325. The van der Waals surface area contributed by atoms with E-state index in [2.05, 4.69) is 56.1 Å². The molecule has 0 aromatic heterocycles. The van der Waals surface area contributed by atoms with E-state index in [0.717, 1.165) is 25.4 Å². The number of aliphatic hydroxyl groups excluding tert-OH is 1. The summed E-state index contributed by atoms with van der Waals surface area (Å²) in [6.45, 7) is 6.99. The first-order valence-corrected chi connectivity index (χ1v) is 7.95. The maximum atomic E-state index is 9.19. The fourth-order valence-electron chi connectivity index (χ4n) is 2.56. The van der Waals surface area contributed by atoms with Crippen molar-refractivity contribution in [3.05, 3.63) is 35.9 Å². The maximum absolute atomic E-state index is 9.19. The van der Waals surface area contributed by atoms with Crippen LogP contribution < -0.4 is 0 Å². The van der Waals surface area contributed by atoms with Crippen LogP contribution in [0, 0.1) is 11.8 Å². The van der Waals surface area contributed by atoms with Gasteiger partial charge in [0.25, 0.3) is 0 Å². The maximum Gasteiger partial charge on any atom is 0.0433 e. The van der Waals surface area contributed by atoms with Gasteiger partial charge in [0.05, 0.1) is 0 Å². The van der Waals surface area contributed by atoms with Crippen LogP contribution in [0.25, 0.3) is 0 Å². The molecule has 1 rings (SSSR count). The van der Waals surface area contributed by atoms with E-state index in [9.17, 15) is 5.11 Å². The van der Waals surface area contributed by atoms with Gasteiger partial charge in [-0.3, -0.25) is 0 Å². The van der Waals surface area contributed by atoms with Gasteiger partial charge < -0.3 is 10.0 Å². The first kappa shape index (κ1) is 17.2. The van der Waals surface area contributed by atoms with Gasteiger partial charge in [-0.15, -0.1) is 0 Å². The Hall–Kier alpha value is -0.860. The van der Waals surface area contributed by atoms with Crippen LogP contribution >= 0.6 is 0 Å². The fourth-order valence-corrected chi connectivity index (χ4v) is 2.56. The minimum atomic E-state index is 0.325. The summed E-state index contributed by atoms with van der Waals surface area (Å²) in [5, 5.41) is 9.19. The third-order valence-electron chi connectivity index (χ3n) is 3.90. The zero-order valence-electron chi connectivity index (χ0n) is 13.4. The molecule has 0 aliphatic carbocycles. The Morgan fingerprint density at radius 2 is 1.70 bits per heavy atom.